The van der Waals surface area contributed by atoms with Gasteiger partial charge in [-0.05, 0) is 32.4 Å². The Balaban J connectivity index is 2.64. The van der Waals surface area contributed by atoms with Gasteiger partial charge in [0.1, 0.15) is 0 Å². The van der Waals surface area contributed by atoms with E-state index in [0.717, 1.165) is 6.54 Å². The van der Waals surface area contributed by atoms with Crippen LogP contribution in [0.5, 0.6) is 0 Å². The standard InChI is InChI=1S/C10H18N2S/c1-7-6-10(9(3)13-7)8(2)12-5-4-11/h6,8,12H,4-5,11H2,1-3H3. The molecule has 1 rings (SSSR count). The van der Waals surface area contributed by atoms with E-state index < -0.39 is 0 Å². The molecule has 0 saturated carbocycles. The summed E-state index contributed by atoms with van der Waals surface area (Å²) in [5, 5.41) is 3.38. The third-order valence-corrected chi connectivity index (χ3v) is 3.12. The summed E-state index contributed by atoms with van der Waals surface area (Å²) in [6, 6.07) is 2.68. The highest BCUT2D eigenvalue weighted by atomic mass is 32.1. The van der Waals surface area contributed by atoms with E-state index >= 15 is 0 Å². The van der Waals surface area contributed by atoms with Crippen LogP contribution in [-0.2, 0) is 0 Å². The minimum absolute atomic E-state index is 0.425. The summed E-state index contributed by atoms with van der Waals surface area (Å²) < 4.78 is 0. The molecule has 0 aliphatic rings. The van der Waals surface area contributed by atoms with Crippen molar-refractivity contribution in [1.29, 1.82) is 0 Å². The van der Waals surface area contributed by atoms with Crippen LogP contribution in [0.15, 0.2) is 6.07 Å². The molecule has 3 N–H and O–H groups in total. The lowest BCUT2D eigenvalue weighted by Gasteiger charge is -2.12. The number of thiophene rings is 1. The number of aryl methyl sites for hydroxylation is 2. The van der Waals surface area contributed by atoms with E-state index in [1.54, 1.807) is 0 Å². The van der Waals surface area contributed by atoms with Crippen LogP contribution in [0.2, 0.25) is 0 Å². The molecule has 2 nitrogen and oxygen atoms in total. The second kappa shape index (κ2) is 4.74. The van der Waals surface area contributed by atoms with Gasteiger partial charge in [-0.15, -0.1) is 11.3 Å². The summed E-state index contributed by atoms with van der Waals surface area (Å²) in [6.45, 7) is 8.09. The van der Waals surface area contributed by atoms with Crippen molar-refractivity contribution in [2.24, 2.45) is 5.73 Å². The first-order valence-corrected chi connectivity index (χ1v) is 5.47. The Morgan fingerprint density at radius 3 is 2.69 bits per heavy atom. The highest BCUT2D eigenvalue weighted by Gasteiger charge is 2.09. The van der Waals surface area contributed by atoms with Gasteiger partial charge < -0.3 is 11.1 Å². The second-order valence-electron chi connectivity index (χ2n) is 3.33. The Morgan fingerprint density at radius 2 is 2.23 bits per heavy atom. The topological polar surface area (TPSA) is 38.0 Å². The maximum absolute atomic E-state index is 5.44. The van der Waals surface area contributed by atoms with E-state index in [-0.39, 0.29) is 0 Å². The van der Waals surface area contributed by atoms with Gasteiger partial charge >= 0.3 is 0 Å². The summed E-state index contributed by atoms with van der Waals surface area (Å²) in [5.74, 6) is 0. The number of rotatable bonds is 4. The Bertz CT molecular complexity index is 268. The monoisotopic (exact) mass is 198 g/mol. The van der Waals surface area contributed by atoms with Gasteiger partial charge in [0.05, 0.1) is 0 Å². The van der Waals surface area contributed by atoms with Crippen molar-refractivity contribution >= 4 is 11.3 Å². The average Bonchev–Trinajstić information content (AvgIpc) is 2.41. The SMILES string of the molecule is Cc1cc(C(C)NCCN)c(C)s1. The third-order valence-electron chi connectivity index (χ3n) is 2.14. The van der Waals surface area contributed by atoms with Crippen LogP contribution in [-0.4, -0.2) is 13.1 Å². The van der Waals surface area contributed by atoms with E-state index in [9.17, 15) is 0 Å². The molecule has 1 heterocycles. The fourth-order valence-corrected chi connectivity index (χ4v) is 2.51. The molecule has 1 aromatic rings. The van der Waals surface area contributed by atoms with E-state index in [2.05, 4.69) is 32.2 Å². The van der Waals surface area contributed by atoms with Crippen LogP contribution in [0.1, 0.15) is 28.3 Å². The first-order chi connectivity index (χ1) is 6.15. The molecule has 1 aromatic heterocycles. The summed E-state index contributed by atoms with van der Waals surface area (Å²) >= 11 is 1.86. The zero-order chi connectivity index (χ0) is 9.84. The lowest BCUT2D eigenvalue weighted by atomic mass is 10.1. The van der Waals surface area contributed by atoms with Gasteiger partial charge in [0.15, 0.2) is 0 Å². The van der Waals surface area contributed by atoms with Crippen LogP contribution < -0.4 is 11.1 Å². The van der Waals surface area contributed by atoms with Crippen molar-refractivity contribution in [3.05, 3.63) is 21.4 Å². The molecule has 13 heavy (non-hydrogen) atoms. The van der Waals surface area contributed by atoms with Crippen molar-refractivity contribution < 1.29 is 0 Å². The van der Waals surface area contributed by atoms with Crippen molar-refractivity contribution in [1.82, 2.24) is 5.32 Å². The molecule has 0 aliphatic heterocycles. The van der Waals surface area contributed by atoms with Crippen LogP contribution >= 0.6 is 11.3 Å². The van der Waals surface area contributed by atoms with E-state index in [1.165, 1.54) is 15.3 Å². The van der Waals surface area contributed by atoms with Gasteiger partial charge in [-0.25, -0.2) is 0 Å². The predicted molar refractivity (Wildman–Crippen MR) is 59.3 cm³/mol. The van der Waals surface area contributed by atoms with Gasteiger partial charge in [0.2, 0.25) is 0 Å². The van der Waals surface area contributed by atoms with Crippen molar-refractivity contribution in [3.8, 4) is 0 Å². The molecule has 1 atom stereocenters. The smallest absolute Gasteiger partial charge is 0.0303 e. The summed E-state index contributed by atoms with van der Waals surface area (Å²) in [4.78, 5) is 2.79. The molecule has 74 valence electrons. The Kier molecular flexibility index (Phi) is 3.90. The highest BCUT2D eigenvalue weighted by Crippen LogP contribution is 2.25. The fraction of sp³-hybridized carbons (Fsp3) is 0.600. The first kappa shape index (κ1) is 10.7. The zero-order valence-corrected chi connectivity index (χ0v) is 9.37. The summed E-state index contributed by atoms with van der Waals surface area (Å²) in [5.41, 5.74) is 6.85. The van der Waals surface area contributed by atoms with Gasteiger partial charge in [-0.3, -0.25) is 0 Å². The molecule has 1 unspecified atom stereocenters. The van der Waals surface area contributed by atoms with Gasteiger partial charge in [-0.2, -0.15) is 0 Å². The average molecular weight is 198 g/mol. The first-order valence-electron chi connectivity index (χ1n) is 4.65. The molecule has 0 amide bonds. The molecule has 0 saturated heterocycles. The molecule has 0 aliphatic carbocycles. The Hall–Kier alpha value is -0.380. The minimum Gasteiger partial charge on any atom is -0.329 e. The van der Waals surface area contributed by atoms with E-state index in [4.69, 9.17) is 5.73 Å². The molecule has 3 heteroatoms. The van der Waals surface area contributed by atoms with E-state index in [0.29, 0.717) is 12.6 Å². The van der Waals surface area contributed by atoms with E-state index in [1.807, 2.05) is 11.3 Å². The molecular weight excluding hydrogens is 180 g/mol. The molecule has 0 fully saturated rings. The Labute approximate surface area is 84.2 Å². The maximum Gasteiger partial charge on any atom is 0.0303 e. The molecule has 0 bridgehead atoms. The highest BCUT2D eigenvalue weighted by molar-refractivity contribution is 7.12. The lowest BCUT2D eigenvalue weighted by Crippen LogP contribution is -2.25. The third kappa shape index (κ3) is 2.79. The largest absolute Gasteiger partial charge is 0.329 e. The molecule has 0 radical (unpaired) electrons. The van der Waals surface area contributed by atoms with Crippen molar-refractivity contribution in [3.63, 3.8) is 0 Å². The van der Waals surface area contributed by atoms with Crippen LogP contribution in [0, 0.1) is 13.8 Å². The van der Waals surface area contributed by atoms with Gasteiger partial charge in [-0.1, -0.05) is 0 Å². The predicted octanol–water partition coefficient (Wildman–Crippen LogP) is 1.97. The van der Waals surface area contributed by atoms with Gasteiger partial charge in [0, 0.05) is 28.9 Å². The number of hydrogen-bond donors (Lipinski definition) is 2. The maximum atomic E-state index is 5.44. The van der Waals surface area contributed by atoms with Crippen molar-refractivity contribution in [2.45, 2.75) is 26.8 Å². The second-order valence-corrected chi connectivity index (χ2v) is 4.79. The van der Waals surface area contributed by atoms with Crippen molar-refractivity contribution in [2.75, 3.05) is 13.1 Å². The Morgan fingerprint density at radius 1 is 1.54 bits per heavy atom. The molecule has 0 spiro atoms. The number of nitrogens with two attached hydrogens (primary N) is 1. The fourth-order valence-electron chi connectivity index (χ4n) is 1.49. The van der Waals surface area contributed by atoms with Gasteiger partial charge in [0.25, 0.3) is 0 Å². The quantitative estimate of drug-likeness (QED) is 0.776. The van der Waals surface area contributed by atoms with Crippen LogP contribution in [0.25, 0.3) is 0 Å². The molecule has 0 aromatic carbocycles. The normalized spacial score (nSPS) is 13.2. The van der Waals surface area contributed by atoms with Crippen LogP contribution in [0.3, 0.4) is 0 Å². The van der Waals surface area contributed by atoms with Crippen LogP contribution in [0.4, 0.5) is 0 Å². The number of nitrogens with one attached hydrogen (secondary N) is 1. The minimum atomic E-state index is 0.425. The summed E-state index contributed by atoms with van der Waals surface area (Å²) in [6.07, 6.45) is 0. The summed E-state index contributed by atoms with van der Waals surface area (Å²) in [7, 11) is 0. The number of hydrogen-bond acceptors (Lipinski definition) is 3. The zero-order valence-electron chi connectivity index (χ0n) is 8.55. The molecular formula is C10H18N2S. The lowest BCUT2D eigenvalue weighted by molar-refractivity contribution is 0.581.